The largest absolute Gasteiger partial charge is 0.290 e. The second kappa shape index (κ2) is 6.37. The van der Waals surface area contributed by atoms with Crippen LogP contribution in [0.1, 0.15) is 39.0 Å². The van der Waals surface area contributed by atoms with Gasteiger partial charge in [-0.1, -0.05) is 39.0 Å². The zero-order valence-corrected chi connectivity index (χ0v) is 11.1. The molecule has 3 heteroatoms. The van der Waals surface area contributed by atoms with E-state index in [1.807, 2.05) is 0 Å². The molecule has 17 heavy (non-hydrogen) atoms. The molecule has 2 fully saturated rings. The summed E-state index contributed by atoms with van der Waals surface area (Å²) in [5.74, 6) is 1.72. The van der Waals surface area contributed by atoms with E-state index in [9.17, 15) is 0 Å². The lowest BCUT2D eigenvalue weighted by Crippen LogP contribution is -2.51. The van der Waals surface area contributed by atoms with Gasteiger partial charge in [0.05, 0.1) is 19.3 Å². The zero-order valence-electron chi connectivity index (χ0n) is 11.1. The molecule has 0 aromatic heterocycles. The first-order valence-electron chi connectivity index (χ1n) is 7.15. The number of rotatable bonds is 3. The molecule has 0 N–H and O–H groups in total. The first-order chi connectivity index (χ1) is 8.33. The molecular weight excluding hydrogens is 210 g/mol. The van der Waals surface area contributed by atoms with Crippen LogP contribution in [0.5, 0.6) is 0 Å². The Kier molecular flexibility index (Phi) is 4.82. The molecule has 1 saturated heterocycles. The Labute approximate surface area is 105 Å². The van der Waals surface area contributed by atoms with E-state index in [1.54, 1.807) is 0 Å². The van der Waals surface area contributed by atoms with Crippen molar-refractivity contribution in [3.8, 4) is 6.07 Å². The summed E-state index contributed by atoms with van der Waals surface area (Å²) < 4.78 is 0. The molecule has 3 nitrogen and oxygen atoms in total. The van der Waals surface area contributed by atoms with Crippen LogP contribution < -0.4 is 0 Å². The molecule has 0 aromatic rings. The number of nitrogens with zero attached hydrogens (tertiary/aromatic N) is 3. The summed E-state index contributed by atoms with van der Waals surface area (Å²) in [6.07, 6.45) is 7.12. The summed E-state index contributed by atoms with van der Waals surface area (Å²) in [6, 6.07) is 2.30. The van der Waals surface area contributed by atoms with Gasteiger partial charge in [-0.3, -0.25) is 9.80 Å². The summed E-state index contributed by atoms with van der Waals surface area (Å²) in [4.78, 5) is 4.83. The van der Waals surface area contributed by atoms with Crippen LogP contribution in [0.3, 0.4) is 0 Å². The standard InChI is InChI=1S/C14H25N3/c1-2-16-10-14(11-17(12-16)9-8-15)13-6-4-3-5-7-13/h13-14H,2-7,9-12H2,1H3. The summed E-state index contributed by atoms with van der Waals surface area (Å²) >= 11 is 0. The van der Waals surface area contributed by atoms with Crippen LogP contribution in [0.2, 0.25) is 0 Å². The van der Waals surface area contributed by atoms with E-state index >= 15 is 0 Å². The Hall–Kier alpha value is -0.590. The SMILES string of the molecule is CCN1CC(C2CCCCC2)CN(CC#N)C1. The topological polar surface area (TPSA) is 30.3 Å². The maximum Gasteiger partial charge on any atom is 0.0876 e. The Morgan fingerprint density at radius 1 is 1.06 bits per heavy atom. The molecule has 1 unspecified atom stereocenters. The third kappa shape index (κ3) is 3.43. The Bertz CT molecular complexity index is 265. The lowest BCUT2D eigenvalue weighted by Gasteiger charge is -2.43. The molecule has 0 radical (unpaired) electrons. The average Bonchev–Trinajstić information content (AvgIpc) is 2.40. The maximum atomic E-state index is 8.86. The van der Waals surface area contributed by atoms with Gasteiger partial charge in [0, 0.05) is 13.1 Å². The minimum absolute atomic E-state index is 0.597. The van der Waals surface area contributed by atoms with Crippen LogP contribution in [0.15, 0.2) is 0 Å². The van der Waals surface area contributed by atoms with E-state index < -0.39 is 0 Å². The van der Waals surface area contributed by atoms with Crippen LogP contribution in [0.4, 0.5) is 0 Å². The van der Waals surface area contributed by atoms with Crippen LogP contribution in [0, 0.1) is 23.2 Å². The molecule has 2 aliphatic rings. The van der Waals surface area contributed by atoms with Crippen LogP contribution in [-0.2, 0) is 0 Å². The summed E-state index contributed by atoms with van der Waals surface area (Å²) in [6.45, 7) is 7.34. The van der Waals surface area contributed by atoms with Gasteiger partial charge in [0.1, 0.15) is 0 Å². The molecule has 2 rings (SSSR count). The smallest absolute Gasteiger partial charge is 0.0876 e. The van der Waals surface area contributed by atoms with Gasteiger partial charge in [0.2, 0.25) is 0 Å². The fourth-order valence-electron chi connectivity index (χ4n) is 3.47. The van der Waals surface area contributed by atoms with Crippen molar-refractivity contribution in [1.82, 2.24) is 9.80 Å². The van der Waals surface area contributed by atoms with Gasteiger partial charge in [-0.25, -0.2) is 0 Å². The molecule has 1 aliphatic carbocycles. The Morgan fingerprint density at radius 3 is 2.41 bits per heavy atom. The highest BCUT2D eigenvalue weighted by atomic mass is 15.3. The second-order valence-corrected chi connectivity index (χ2v) is 5.64. The minimum Gasteiger partial charge on any atom is -0.290 e. The second-order valence-electron chi connectivity index (χ2n) is 5.64. The van der Waals surface area contributed by atoms with Gasteiger partial charge in [0.25, 0.3) is 0 Å². The summed E-state index contributed by atoms with van der Waals surface area (Å²) in [5, 5.41) is 8.86. The highest BCUT2D eigenvalue weighted by molar-refractivity contribution is 4.86. The highest BCUT2D eigenvalue weighted by Gasteiger charge is 2.30. The molecule has 0 bridgehead atoms. The van der Waals surface area contributed by atoms with Crippen molar-refractivity contribution >= 4 is 0 Å². The quantitative estimate of drug-likeness (QED) is 0.703. The zero-order chi connectivity index (χ0) is 12.1. The predicted octanol–water partition coefficient (Wildman–Crippen LogP) is 2.30. The van der Waals surface area contributed by atoms with Crippen molar-refractivity contribution in [3.05, 3.63) is 0 Å². The van der Waals surface area contributed by atoms with Crippen LogP contribution >= 0.6 is 0 Å². The minimum atomic E-state index is 0.597. The normalized spacial score (nSPS) is 29.1. The van der Waals surface area contributed by atoms with Gasteiger partial charge in [-0.2, -0.15) is 5.26 Å². The van der Waals surface area contributed by atoms with E-state index in [-0.39, 0.29) is 0 Å². The van der Waals surface area contributed by atoms with E-state index in [4.69, 9.17) is 5.26 Å². The monoisotopic (exact) mass is 235 g/mol. The summed E-state index contributed by atoms with van der Waals surface area (Å²) in [5.41, 5.74) is 0. The van der Waals surface area contributed by atoms with E-state index in [1.165, 1.54) is 38.6 Å². The number of hydrogen-bond donors (Lipinski definition) is 0. The Morgan fingerprint density at radius 2 is 1.76 bits per heavy atom. The van der Waals surface area contributed by atoms with E-state index in [0.29, 0.717) is 6.54 Å². The van der Waals surface area contributed by atoms with Gasteiger partial charge in [-0.05, 0) is 18.4 Å². The van der Waals surface area contributed by atoms with Crippen molar-refractivity contribution in [3.63, 3.8) is 0 Å². The Balaban J connectivity index is 1.93. The van der Waals surface area contributed by atoms with Gasteiger partial charge < -0.3 is 0 Å². The maximum absolute atomic E-state index is 8.86. The molecule has 0 aromatic carbocycles. The first-order valence-corrected chi connectivity index (χ1v) is 7.15. The van der Waals surface area contributed by atoms with Crippen LogP contribution in [-0.4, -0.2) is 42.6 Å². The third-order valence-electron chi connectivity index (χ3n) is 4.44. The summed E-state index contributed by atoms with van der Waals surface area (Å²) in [7, 11) is 0. The molecule has 96 valence electrons. The lowest BCUT2D eigenvalue weighted by atomic mass is 9.79. The molecule has 1 saturated carbocycles. The van der Waals surface area contributed by atoms with Gasteiger partial charge in [-0.15, -0.1) is 0 Å². The molecule has 1 aliphatic heterocycles. The van der Waals surface area contributed by atoms with Crippen LogP contribution in [0.25, 0.3) is 0 Å². The fourth-order valence-corrected chi connectivity index (χ4v) is 3.47. The molecule has 0 amide bonds. The molecular formula is C14H25N3. The molecule has 1 atom stereocenters. The van der Waals surface area contributed by atoms with Gasteiger partial charge in [0.15, 0.2) is 0 Å². The first kappa shape index (κ1) is 12.9. The lowest BCUT2D eigenvalue weighted by molar-refractivity contribution is 0.0289. The van der Waals surface area contributed by atoms with Gasteiger partial charge >= 0.3 is 0 Å². The van der Waals surface area contributed by atoms with Crippen molar-refractivity contribution in [2.75, 3.05) is 32.8 Å². The van der Waals surface area contributed by atoms with Crippen molar-refractivity contribution in [2.24, 2.45) is 11.8 Å². The van der Waals surface area contributed by atoms with E-state index in [0.717, 1.165) is 31.6 Å². The fraction of sp³-hybridized carbons (Fsp3) is 0.929. The van der Waals surface area contributed by atoms with Crippen molar-refractivity contribution < 1.29 is 0 Å². The molecule has 0 spiro atoms. The highest BCUT2D eigenvalue weighted by Crippen LogP contribution is 2.32. The predicted molar refractivity (Wildman–Crippen MR) is 69.4 cm³/mol. The third-order valence-corrected chi connectivity index (χ3v) is 4.44. The van der Waals surface area contributed by atoms with E-state index in [2.05, 4.69) is 22.8 Å². The van der Waals surface area contributed by atoms with Crippen molar-refractivity contribution in [2.45, 2.75) is 39.0 Å². The van der Waals surface area contributed by atoms with Crippen molar-refractivity contribution in [1.29, 1.82) is 5.26 Å². The number of hydrogen-bond acceptors (Lipinski definition) is 3. The average molecular weight is 235 g/mol. The molecule has 1 heterocycles. The number of nitriles is 1.